The second-order valence-corrected chi connectivity index (χ2v) is 7.02. The molecule has 3 heteroatoms. The maximum Gasteiger partial charge on any atom is 0.0935 e. The molecule has 2 nitrogen and oxygen atoms in total. The molecule has 1 aliphatic rings. The molecule has 0 amide bonds. The van der Waals surface area contributed by atoms with Crippen molar-refractivity contribution in [3.8, 4) is 0 Å². The van der Waals surface area contributed by atoms with Crippen molar-refractivity contribution in [1.82, 2.24) is 10.3 Å². The molecule has 1 saturated carbocycles. The SMILES string of the molecule is CCCNCc1sc(CCc2ccccc2)nc1C1CC1. The van der Waals surface area contributed by atoms with E-state index in [0.29, 0.717) is 0 Å². The number of aromatic nitrogens is 1. The van der Waals surface area contributed by atoms with Crippen molar-refractivity contribution in [3.05, 3.63) is 51.5 Å². The first-order valence-electron chi connectivity index (χ1n) is 8.10. The third-order valence-electron chi connectivity index (χ3n) is 3.92. The zero-order valence-electron chi connectivity index (χ0n) is 12.8. The molecule has 0 atom stereocenters. The van der Waals surface area contributed by atoms with Crippen LogP contribution in [0.15, 0.2) is 30.3 Å². The van der Waals surface area contributed by atoms with E-state index in [-0.39, 0.29) is 0 Å². The standard InChI is InChI=1S/C18H24N2S/c1-2-12-19-13-16-18(15-9-10-15)20-17(21-16)11-8-14-6-4-3-5-7-14/h3-7,15,19H,2,8-13H2,1H3. The summed E-state index contributed by atoms with van der Waals surface area (Å²) in [5.74, 6) is 0.755. The Labute approximate surface area is 131 Å². The van der Waals surface area contributed by atoms with Gasteiger partial charge in [0.05, 0.1) is 10.7 Å². The minimum Gasteiger partial charge on any atom is -0.312 e. The molecule has 0 spiro atoms. The van der Waals surface area contributed by atoms with E-state index in [0.717, 1.165) is 31.8 Å². The number of nitrogens with one attached hydrogen (secondary N) is 1. The molecule has 1 heterocycles. The van der Waals surface area contributed by atoms with Gasteiger partial charge in [-0.3, -0.25) is 0 Å². The Kier molecular flexibility index (Phi) is 5.04. The molecule has 3 rings (SSSR count). The summed E-state index contributed by atoms with van der Waals surface area (Å²) in [5.41, 5.74) is 2.80. The van der Waals surface area contributed by atoms with Gasteiger partial charge in [0.25, 0.3) is 0 Å². The van der Waals surface area contributed by atoms with Crippen molar-refractivity contribution in [1.29, 1.82) is 0 Å². The van der Waals surface area contributed by atoms with Gasteiger partial charge in [0.2, 0.25) is 0 Å². The molecule has 1 N–H and O–H groups in total. The van der Waals surface area contributed by atoms with E-state index in [2.05, 4.69) is 42.6 Å². The van der Waals surface area contributed by atoms with Crippen molar-refractivity contribution < 1.29 is 0 Å². The zero-order chi connectivity index (χ0) is 14.5. The number of benzene rings is 1. The Hall–Kier alpha value is -1.19. The topological polar surface area (TPSA) is 24.9 Å². The largest absolute Gasteiger partial charge is 0.312 e. The van der Waals surface area contributed by atoms with Gasteiger partial charge < -0.3 is 5.32 Å². The lowest BCUT2D eigenvalue weighted by Gasteiger charge is -2.01. The van der Waals surface area contributed by atoms with Crippen LogP contribution in [0.25, 0.3) is 0 Å². The summed E-state index contributed by atoms with van der Waals surface area (Å²) in [6.45, 7) is 4.32. The van der Waals surface area contributed by atoms with Gasteiger partial charge in [-0.05, 0) is 37.8 Å². The highest BCUT2D eigenvalue weighted by Crippen LogP contribution is 2.42. The highest BCUT2D eigenvalue weighted by molar-refractivity contribution is 7.11. The molecule has 2 aromatic rings. The van der Waals surface area contributed by atoms with E-state index in [1.165, 1.54) is 40.4 Å². The minimum absolute atomic E-state index is 0.755. The number of thiazole rings is 1. The van der Waals surface area contributed by atoms with E-state index < -0.39 is 0 Å². The van der Waals surface area contributed by atoms with E-state index in [1.807, 2.05) is 11.3 Å². The molecule has 112 valence electrons. The van der Waals surface area contributed by atoms with Crippen LogP contribution in [-0.4, -0.2) is 11.5 Å². The molecule has 0 aliphatic heterocycles. The summed E-state index contributed by atoms with van der Waals surface area (Å²) in [4.78, 5) is 6.43. The molecule has 1 aromatic heterocycles. The first-order valence-corrected chi connectivity index (χ1v) is 8.91. The summed E-state index contributed by atoms with van der Waals surface area (Å²) < 4.78 is 0. The summed E-state index contributed by atoms with van der Waals surface area (Å²) in [6, 6.07) is 10.7. The van der Waals surface area contributed by atoms with Gasteiger partial charge in [-0.25, -0.2) is 4.98 Å². The van der Waals surface area contributed by atoms with Gasteiger partial charge in [0, 0.05) is 23.8 Å². The first-order chi connectivity index (χ1) is 10.4. The molecular weight excluding hydrogens is 276 g/mol. The van der Waals surface area contributed by atoms with Gasteiger partial charge in [0.1, 0.15) is 0 Å². The predicted molar refractivity (Wildman–Crippen MR) is 89.9 cm³/mol. The van der Waals surface area contributed by atoms with Crippen LogP contribution in [-0.2, 0) is 19.4 Å². The van der Waals surface area contributed by atoms with Crippen molar-refractivity contribution in [2.24, 2.45) is 0 Å². The fraction of sp³-hybridized carbons (Fsp3) is 0.500. The van der Waals surface area contributed by atoms with Crippen molar-refractivity contribution in [2.75, 3.05) is 6.54 Å². The molecule has 0 saturated heterocycles. The van der Waals surface area contributed by atoms with Crippen LogP contribution in [0.5, 0.6) is 0 Å². The summed E-state index contributed by atoms with van der Waals surface area (Å²) in [6.07, 6.45) is 6.03. The van der Waals surface area contributed by atoms with Crippen LogP contribution in [0.2, 0.25) is 0 Å². The average Bonchev–Trinajstić information content (AvgIpc) is 3.28. The van der Waals surface area contributed by atoms with Crippen molar-refractivity contribution in [2.45, 2.75) is 51.5 Å². The molecular formula is C18H24N2S. The average molecular weight is 300 g/mol. The van der Waals surface area contributed by atoms with E-state index in [4.69, 9.17) is 4.98 Å². The number of hydrogen-bond donors (Lipinski definition) is 1. The van der Waals surface area contributed by atoms with Gasteiger partial charge in [-0.2, -0.15) is 0 Å². The highest BCUT2D eigenvalue weighted by atomic mass is 32.1. The molecule has 1 aliphatic carbocycles. The van der Waals surface area contributed by atoms with Crippen molar-refractivity contribution in [3.63, 3.8) is 0 Å². The number of rotatable bonds is 8. The Morgan fingerprint density at radius 3 is 2.71 bits per heavy atom. The monoisotopic (exact) mass is 300 g/mol. The third-order valence-corrected chi connectivity index (χ3v) is 5.05. The van der Waals surface area contributed by atoms with Crippen molar-refractivity contribution >= 4 is 11.3 Å². The maximum absolute atomic E-state index is 4.94. The van der Waals surface area contributed by atoms with Gasteiger partial charge in [-0.1, -0.05) is 37.3 Å². The lowest BCUT2D eigenvalue weighted by Crippen LogP contribution is -2.13. The smallest absolute Gasteiger partial charge is 0.0935 e. The second-order valence-electron chi connectivity index (χ2n) is 5.85. The normalized spacial score (nSPS) is 14.5. The van der Waals surface area contributed by atoms with Crippen LogP contribution >= 0.6 is 11.3 Å². The number of nitrogens with zero attached hydrogens (tertiary/aromatic N) is 1. The minimum atomic E-state index is 0.755. The predicted octanol–water partition coefficient (Wildman–Crippen LogP) is 4.31. The fourth-order valence-electron chi connectivity index (χ4n) is 2.60. The number of aryl methyl sites for hydroxylation is 2. The lowest BCUT2D eigenvalue weighted by atomic mass is 10.1. The fourth-order valence-corrected chi connectivity index (χ4v) is 3.72. The van der Waals surface area contributed by atoms with Crippen LogP contribution in [0.3, 0.4) is 0 Å². The highest BCUT2D eigenvalue weighted by Gasteiger charge is 2.29. The van der Waals surface area contributed by atoms with E-state index in [1.54, 1.807) is 0 Å². The van der Waals surface area contributed by atoms with Gasteiger partial charge in [-0.15, -0.1) is 11.3 Å². The van der Waals surface area contributed by atoms with Gasteiger partial charge in [0.15, 0.2) is 0 Å². The summed E-state index contributed by atoms with van der Waals surface area (Å²) in [7, 11) is 0. The first kappa shape index (κ1) is 14.7. The molecule has 21 heavy (non-hydrogen) atoms. The molecule has 1 aromatic carbocycles. The maximum atomic E-state index is 4.94. The Bertz CT molecular complexity index is 558. The summed E-state index contributed by atoms with van der Waals surface area (Å²) in [5, 5.41) is 4.85. The Morgan fingerprint density at radius 2 is 2.00 bits per heavy atom. The molecule has 1 fully saturated rings. The number of hydrogen-bond acceptors (Lipinski definition) is 3. The van der Waals surface area contributed by atoms with Crippen LogP contribution in [0, 0.1) is 0 Å². The molecule has 0 bridgehead atoms. The lowest BCUT2D eigenvalue weighted by molar-refractivity contribution is 0.676. The van der Waals surface area contributed by atoms with E-state index >= 15 is 0 Å². The summed E-state index contributed by atoms with van der Waals surface area (Å²) >= 11 is 1.92. The van der Waals surface area contributed by atoms with Gasteiger partial charge >= 0.3 is 0 Å². The second kappa shape index (κ2) is 7.19. The quantitative estimate of drug-likeness (QED) is 0.735. The Morgan fingerprint density at radius 1 is 1.19 bits per heavy atom. The zero-order valence-corrected chi connectivity index (χ0v) is 13.6. The van der Waals surface area contributed by atoms with E-state index in [9.17, 15) is 0 Å². The third kappa shape index (κ3) is 4.14. The Balaban J connectivity index is 1.63. The van der Waals surface area contributed by atoms with Crippen LogP contribution in [0.4, 0.5) is 0 Å². The molecule has 0 radical (unpaired) electrons. The van der Waals surface area contributed by atoms with Crippen LogP contribution in [0.1, 0.15) is 53.2 Å². The van der Waals surface area contributed by atoms with Crippen LogP contribution < -0.4 is 5.32 Å². The molecule has 0 unspecified atom stereocenters.